The molecule has 36 heavy (non-hydrogen) atoms. The lowest BCUT2D eigenvalue weighted by atomic mass is 10.2. The molecule has 11 heteroatoms. The van der Waals surface area contributed by atoms with Crippen LogP contribution in [0.4, 0.5) is 14.5 Å². The molecule has 0 spiro atoms. The smallest absolute Gasteiger partial charge is 0.387 e. The third kappa shape index (κ3) is 5.51. The van der Waals surface area contributed by atoms with Crippen LogP contribution in [0.2, 0.25) is 0 Å². The van der Waals surface area contributed by atoms with Crippen molar-refractivity contribution in [2.45, 2.75) is 40.1 Å². The summed E-state index contributed by atoms with van der Waals surface area (Å²) in [6.45, 7) is 1.17. The molecule has 1 N–H and O–H groups in total. The molecule has 0 aliphatic heterocycles. The summed E-state index contributed by atoms with van der Waals surface area (Å²) in [6.07, 6.45) is 1.53. The number of nitrogens with one attached hydrogen (secondary N) is 1. The maximum atomic E-state index is 13.4. The highest BCUT2D eigenvalue weighted by molar-refractivity contribution is 5.90. The number of ether oxygens (including phenoxy) is 1. The molecule has 4 rings (SSSR count). The highest BCUT2D eigenvalue weighted by atomic mass is 19.3. The highest BCUT2D eigenvalue weighted by Crippen LogP contribution is 2.18. The normalized spacial score (nSPS) is 11.4. The predicted octanol–water partition coefficient (Wildman–Crippen LogP) is 3.30. The largest absolute Gasteiger partial charge is 0.435 e. The monoisotopic (exact) mass is 497 g/mol. The summed E-state index contributed by atoms with van der Waals surface area (Å²) in [7, 11) is 0. The number of benzene rings is 2. The van der Waals surface area contributed by atoms with Crippen molar-refractivity contribution in [3.63, 3.8) is 0 Å². The van der Waals surface area contributed by atoms with Gasteiger partial charge in [0.2, 0.25) is 5.91 Å². The van der Waals surface area contributed by atoms with E-state index in [0.29, 0.717) is 12.2 Å². The Kier molecular flexibility index (Phi) is 7.28. The van der Waals surface area contributed by atoms with Crippen LogP contribution in [0.25, 0.3) is 11.2 Å². The van der Waals surface area contributed by atoms with Gasteiger partial charge in [0.05, 0.1) is 12.9 Å². The van der Waals surface area contributed by atoms with Gasteiger partial charge in [0.1, 0.15) is 12.3 Å². The van der Waals surface area contributed by atoms with Gasteiger partial charge in [0, 0.05) is 12.2 Å². The van der Waals surface area contributed by atoms with Crippen molar-refractivity contribution in [3.05, 3.63) is 87.3 Å². The predicted molar refractivity (Wildman–Crippen MR) is 130 cm³/mol. The number of alkyl halides is 2. The summed E-state index contributed by atoms with van der Waals surface area (Å²) in [6, 6.07) is 14.6. The van der Waals surface area contributed by atoms with E-state index in [4.69, 9.17) is 0 Å². The molecule has 0 saturated carbocycles. The summed E-state index contributed by atoms with van der Waals surface area (Å²) < 4.78 is 32.9. The molecule has 2 aromatic carbocycles. The van der Waals surface area contributed by atoms with Crippen LogP contribution in [0, 0.1) is 5.92 Å². The van der Waals surface area contributed by atoms with Crippen molar-refractivity contribution in [1.82, 2.24) is 18.7 Å². The lowest BCUT2D eigenvalue weighted by Gasteiger charge is -2.14. The Labute approximate surface area is 204 Å². The number of amides is 1. The molecule has 188 valence electrons. The van der Waals surface area contributed by atoms with Crippen molar-refractivity contribution in [3.8, 4) is 5.75 Å². The Hall–Kier alpha value is -4.28. The number of nitrogens with zero attached hydrogens (tertiary/aromatic N) is 4. The zero-order valence-electron chi connectivity index (χ0n) is 19.7. The molecule has 0 fully saturated rings. The average molecular weight is 498 g/mol. The minimum Gasteiger partial charge on any atom is -0.435 e. The number of halogens is 2. The van der Waals surface area contributed by atoms with Gasteiger partial charge in [0.25, 0.3) is 5.56 Å². The fourth-order valence-corrected chi connectivity index (χ4v) is 3.88. The molecule has 0 aliphatic carbocycles. The first-order valence-corrected chi connectivity index (χ1v) is 11.3. The molecule has 9 nitrogen and oxygen atoms in total. The van der Waals surface area contributed by atoms with E-state index < -0.39 is 30.3 Å². The van der Waals surface area contributed by atoms with Crippen molar-refractivity contribution in [2.75, 3.05) is 5.32 Å². The summed E-state index contributed by atoms with van der Waals surface area (Å²) in [4.78, 5) is 43.9. The number of anilines is 1. The highest BCUT2D eigenvalue weighted by Gasteiger charge is 2.20. The first-order chi connectivity index (χ1) is 17.2. The van der Waals surface area contributed by atoms with Gasteiger partial charge in [-0.1, -0.05) is 44.2 Å². The Balaban J connectivity index is 1.69. The number of hydrogen-bond acceptors (Lipinski definition) is 5. The minimum absolute atomic E-state index is 0.0631. The maximum absolute atomic E-state index is 13.4. The minimum atomic E-state index is -2.96. The van der Waals surface area contributed by atoms with Gasteiger partial charge in [-0.25, -0.2) is 14.3 Å². The molecule has 0 atom stereocenters. The molecule has 4 aromatic rings. The molecule has 0 saturated heterocycles. The third-order valence-corrected chi connectivity index (χ3v) is 5.39. The summed E-state index contributed by atoms with van der Waals surface area (Å²) in [5.41, 5.74) is 0.335. The lowest BCUT2D eigenvalue weighted by Crippen LogP contribution is -2.43. The number of aromatic nitrogens is 4. The van der Waals surface area contributed by atoms with Crippen molar-refractivity contribution < 1.29 is 18.3 Å². The fourth-order valence-electron chi connectivity index (χ4n) is 3.88. The Morgan fingerprint density at radius 3 is 2.36 bits per heavy atom. The van der Waals surface area contributed by atoms with E-state index in [9.17, 15) is 23.2 Å². The van der Waals surface area contributed by atoms with Crippen LogP contribution < -0.4 is 21.3 Å². The van der Waals surface area contributed by atoms with Gasteiger partial charge in [-0.3, -0.25) is 14.2 Å². The van der Waals surface area contributed by atoms with Crippen LogP contribution in [-0.4, -0.2) is 31.2 Å². The maximum Gasteiger partial charge on any atom is 0.387 e. The number of fused-ring (bicyclic) bond motifs is 1. The number of carbonyl (C=O) groups is 1. The molecule has 0 aliphatic rings. The Morgan fingerprint density at radius 2 is 1.72 bits per heavy atom. The molecule has 1 amide bonds. The van der Waals surface area contributed by atoms with Crippen molar-refractivity contribution in [1.29, 1.82) is 0 Å². The lowest BCUT2D eigenvalue weighted by molar-refractivity contribution is -0.116. The van der Waals surface area contributed by atoms with Gasteiger partial charge >= 0.3 is 12.3 Å². The Bertz CT molecular complexity index is 1470. The summed E-state index contributed by atoms with van der Waals surface area (Å²) >= 11 is 0. The molecule has 2 heterocycles. The number of carbonyl (C=O) groups excluding carboxylic acids is 1. The van der Waals surface area contributed by atoms with Gasteiger partial charge in [-0.05, 0) is 35.7 Å². The van der Waals surface area contributed by atoms with Crippen LogP contribution >= 0.6 is 0 Å². The summed E-state index contributed by atoms with van der Waals surface area (Å²) in [5, 5.41) is 2.57. The van der Waals surface area contributed by atoms with E-state index in [1.54, 1.807) is 4.57 Å². The zero-order chi connectivity index (χ0) is 25.8. The van der Waals surface area contributed by atoms with E-state index in [1.807, 2.05) is 44.2 Å². The fraction of sp³-hybridized carbons (Fsp3) is 0.280. The van der Waals surface area contributed by atoms with Crippen LogP contribution in [0.3, 0.4) is 0 Å². The van der Waals surface area contributed by atoms with Crippen LogP contribution in [-0.2, 0) is 24.4 Å². The van der Waals surface area contributed by atoms with E-state index in [-0.39, 0.29) is 29.4 Å². The van der Waals surface area contributed by atoms with Crippen LogP contribution in [0.5, 0.6) is 5.75 Å². The molecular formula is C25H25F2N5O4. The molecule has 0 radical (unpaired) electrons. The SMILES string of the molecule is CC(C)Cn1cnc2c1c(=O)n(CC(=O)Nc1ccc(OC(F)F)cc1)c(=O)n2Cc1ccccc1. The van der Waals surface area contributed by atoms with Crippen LogP contribution in [0.1, 0.15) is 19.4 Å². The molecular weight excluding hydrogens is 472 g/mol. The van der Waals surface area contributed by atoms with Crippen molar-refractivity contribution in [2.24, 2.45) is 5.92 Å². The second-order valence-corrected chi connectivity index (χ2v) is 8.66. The number of hydrogen-bond donors (Lipinski definition) is 1. The number of imidazole rings is 1. The Morgan fingerprint density at radius 1 is 1.03 bits per heavy atom. The van der Waals surface area contributed by atoms with Gasteiger partial charge < -0.3 is 14.6 Å². The van der Waals surface area contributed by atoms with Crippen LogP contribution in [0.15, 0.2) is 70.5 Å². The third-order valence-electron chi connectivity index (χ3n) is 5.39. The molecule has 0 bridgehead atoms. The van der Waals surface area contributed by atoms with Gasteiger partial charge in [-0.2, -0.15) is 8.78 Å². The molecule has 2 aromatic heterocycles. The van der Waals surface area contributed by atoms with Crippen molar-refractivity contribution >= 4 is 22.8 Å². The topological polar surface area (TPSA) is 100 Å². The average Bonchev–Trinajstić information content (AvgIpc) is 3.24. The second-order valence-electron chi connectivity index (χ2n) is 8.66. The van der Waals surface area contributed by atoms with E-state index in [0.717, 1.165) is 10.1 Å². The van der Waals surface area contributed by atoms with E-state index in [1.165, 1.54) is 35.2 Å². The molecule has 0 unspecified atom stereocenters. The van der Waals surface area contributed by atoms with Gasteiger partial charge in [-0.15, -0.1) is 0 Å². The van der Waals surface area contributed by atoms with Gasteiger partial charge in [0.15, 0.2) is 11.2 Å². The second kappa shape index (κ2) is 10.5. The van der Waals surface area contributed by atoms with E-state index >= 15 is 0 Å². The quantitative estimate of drug-likeness (QED) is 0.383. The number of rotatable bonds is 9. The first-order valence-electron chi connectivity index (χ1n) is 11.3. The standard InChI is InChI=1S/C25H25F2N5O4/c1-16(2)12-30-15-28-22-21(30)23(34)32(25(35)31(22)13-17-6-4-3-5-7-17)14-20(33)29-18-8-10-19(11-9-18)36-24(26)27/h3-11,15-16,24H,12-14H2,1-2H3,(H,29,33). The van der Waals surface area contributed by atoms with E-state index in [2.05, 4.69) is 15.0 Å². The summed E-state index contributed by atoms with van der Waals surface area (Å²) in [5.74, 6) is -0.478. The first kappa shape index (κ1) is 24.8. The zero-order valence-corrected chi connectivity index (χ0v) is 19.7.